The van der Waals surface area contributed by atoms with Crippen LogP contribution in [0.5, 0.6) is 0 Å². The molecule has 4 nitrogen and oxygen atoms in total. The molecule has 0 amide bonds. The minimum Gasteiger partial charge on any atom is -0.480 e. The number of nitrogen functional groups attached to an aromatic ring is 1. The fourth-order valence-electron chi connectivity index (χ4n) is 1.52. The van der Waals surface area contributed by atoms with Crippen molar-refractivity contribution in [1.82, 2.24) is 0 Å². The minimum absolute atomic E-state index is 0.545. The molecule has 0 aromatic heterocycles. The van der Waals surface area contributed by atoms with Gasteiger partial charge >= 0.3 is 5.97 Å². The van der Waals surface area contributed by atoms with Gasteiger partial charge in [0.2, 0.25) is 0 Å². The van der Waals surface area contributed by atoms with Crippen molar-refractivity contribution in [3.63, 3.8) is 0 Å². The molecule has 1 atom stereocenters. The first-order chi connectivity index (χ1) is 7.06. The zero-order chi connectivity index (χ0) is 11.4. The zero-order valence-electron chi connectivity index (χ0n) is 8.97. The Morgan fingerprint density at radius 1 is 1.60 bits per heavy atom. The van der Waals surface area contributed by atoms with Crippen LogP contribution in [0.3, 0.4) is 0 Å². The lowest BCUT2D eigenvalue weighted by atomic mass is 10.2. The fraction of sp³-hybridized carbons (Fsp3) is 0.364. The highest BCUT2D eigenvalue weighted by Gasteiger charge is 2.19. The van der Waals surface area contributed by atoms with Crippen LogP contribution in [0.4, 0.5) is 11.4 Å². The molecule has 0 spiro atoms. The molecule has 4 heteroatoms. The number of nitrogens with two attached hydrogens (primary N) is 1. The van der Waals surface area contributed by atoms with Crippen molar-refractivity contribution in [2.45, 2.75) is 19.9 Å². The Morgan fingerprint density at radius 3 is 2.73 bits per heavy atom. The first-order valence-corrected chi connectivity index (χ1v) is 4.91. The van der Waals surface area contributed by atoms with Crippen LogP contribution in [0.1, 0.15) is 13.8 Å². The summed E-state index contributed by atoms with van der Waals surface area (Å²) in [6.45, 7) is 4.22. The third-order valence-electron chi connectivity index (χ3n) is 2.37. The predicted molar refractivity (Wildman–Crippen MR) is 61.0 cm³/mol. The summed E-state index contributed by atoms with van der Waals surface area (Å²) in [4.78, 5) is 12.7. The van der Waals surface area contributed by atoms with E-state index in [4.69, 9.17) is 10.8 Å². The van der Waals surface area contributed by atoms with Gasteiger partial charge in [0, 0.05) is 17.9 Å². The second kappa shape index (κ2) is 4.68. The Kier molecular flexibility index (Phi) is 3.55. The van der Waals surface area contributed by atoms with Crippen LogP contribution in [0.2, 0.25) is 0 Å². The highest BCUT2D eigenvalue weighted by molar-refractivity contribution is 5.78. The van der Waals surface area contributed by atoms with Crippen LogP contribution >= 0.6 is 0 Å². The molecule has 0 fully saturated rings. The second-order valence-corrected chi connectivity index (χ2v) is 3.40. The third kappa shape index (κ3) is 2.62. The van der Waals surface area contributed by atoms with Crippen molar-refractivity contribution in [2.24, 2.45) is 0 Å². The third-order valence-corrected chi connectivity index (χ3v) is 2.37. The van der Waals surface area contributed by atoms with Gasteiger partial charge in [-0.1, -0.05) is 6.07 Å². The number of likely N-dealkylation sites (N-methyl/N-ethyl adjacent to an activating group) is 1. The summed E-state index contributed by atoms with van der Waals surface area (Å²) < 4.78 is 0. The standard InChI is InChI=1S/C11H16N2O2/c1-3-13(8(2)11(14)15)10-6-4-5-9(12)7-10/h4-8H,3,12H2,1-2H3,(H,14,15). The topological polar surface area (TPSA) is 66.6 Å². The molecule has 0 heterocycles. The molecule has 3 N–H and O–H groups in total. The smallest absolute Gasteiger partial charge is 0.326 e. The summed E-state index contributed by atoms with van der Waals surface area (Å²) in [5.41, 5.74) is 7.14. The number of benzene rings is 1. The van der Waals surface area contributed by atoms with E-state index in [2.05, 4.69) is 0 Å². The number of aliphatic carboxylic acids is 1. The monoisotopic (exact) mass is 208 g/mol. The van der Waals surface area contributed by atoms with Gasteiger partial charge in [0.05, 0.1) is 0 Å². The van der Waals surface area contributed by atoms with Crippen molar-refractivity contribution in [1.29, 1.82) is 0 Å². The molecule has 0 aliphatic heterocycles. The highest BCUT2D eigenvalue weighted by Crippen LogP contribution is 2.19. The summed E-state index contributed by atoms with van der Waals surface area (Å²) in [7, 11) is 0. The fourth-order valence-corrected chi connectivity index (χ4v) is 1.52. The van der Waals surface area contributed by atoms with Crippen LogP contribution < -0.4 is 10.6 Å². The molecule has 1 aromatic rings. The number of carboxylic acids is 1. The first-order valence-electron chi connectivity index (χ1n) is 4.91. The maximum absolute atomic E-state index is 10.9. The maximum atomic E-state index is 10.9. The molecule has 0 saturated carbocycles. The van der Waals surface area contributed by atoms with Gasteiger partial charge < -0.3 is 15.7 Å². The van der Waals surface area contributed by atoms with Crippen molar-refractivity contribution in [3.8, 4) is 0 Å². The summed E-state index contributed by atoms with van der Waals surface area (Å²) >= 11 is 0. The molecule has 0 bridgehead atoms. The number of hydrogen-bond donors (Lipinski definition) is 2. The van der Waals surface area contributed by atoms with E-state index in [0.717, 1.165) is 5.69 Å². The lowest BCUT2D eigenvalue weighted by molar-refractivity contribution is -0.138. The number of nitrogens with zero attached hydrogens (tertiary/aromatic N) is 1. The minimum atomic E-state index is -0.834. The molecule has 1 unspecified atom stereocenters. The molecule has 0 saturated heterocycles. The second-order valence-electron chi connectivity index (χ2n) is 3.40. The highest BCUT2D eigenvalue weighted by atomic mass is 16.4. The van der Waals surface area contributed by atoms with Gasteiger partial charge in [-0.05, 0) is 32.0 Å². The van der Waals surface area contributed by atoms with Crippen molar-refractivity contribution >= 4 is 17.3 Å². The van der Waals surface area contributed by atoms with E-state index in [-0.39, 0.29) is 0 Å². The van der Waals surface area contributed by atoms with Crippen LogP contribution in [0, 0.1) is 0 Å². The average molecular weight is 208 g/mol. The van der Waals surface area contributed by atoms with Crippen molar-refractivity contribution in [3.05, 3.63) is 24.3 Å². The van der Waals surface area contributed by atoms with E-state index >= 15 is 0 Å². The van der Waals surface area contributed by atoms with Gasteiger partial charge in [-0.15, -0.1) is 0 Å². The van der Waals surface area contributed by atoms with E-state index in [0.29, 0.717) is 12.2 Å². The summed E-state index contributed by atoms with van der Waals surface area (Å²) in [5, 5.41) is 8.94. The lowest BCUT2D eigenvalue weighted by Crippen LogP contribution is -2.38. The molecule has 1 rings (SSSR count). The number of rotatable bonds is 4. The Hall–Kier alpha value is -1.71. The molecular weight excluding hydrogens is 192 g/mol. The van der Waals surface area contributed by atoms with Gasteiger partial charge in [0.15, 0.2) is 0 Å². The molecule has 0 aliphatic rings. The Balaban J connectivity index is 2.97. The van der Waals surface area contributed by atoms with E-state index in [9.17, 15) is 4.79 Å². The maximum Gasteiger partial charge on any atom is 0.326 e. The molecule has 0 aliphatic carbocycles. The summed E-state index contributed by atoms with van der Waals surface area (Å²) in [5.74, 6) is -0.834. The molecule has 0 radical (unpaired) electrons. The van der Waals surface area contributed by atoms with Gasteiger partial charge in [-0.25, -0.2) is 4.79 Å². The van der Waals surface area contributed by atoms with Crippen LogP contribution in [0.25, 0.3) is 0 Å². The van der Waals surface area contributed by atoms with Gasteiger partial charge in [-0.2, -0.15) is 0 Å². The SMILES string of the molecule is CCN(c1cccc(N)c1)C(C)C(=O)O. The van der Waals surface area contributed by atoms with E-state index in [1.807, 2.05) is 19.1 Å². The van der Waals surface area contributed by atoms with E-state index in [1.165, 1.54) is 0 Å². The van der Waals surface area contributed by atoms with Gasteiger partial charge in [-0.3, -0.25) is 0 Å². The van der Waals surface area contributed by atoms with E-state index in [1.54, 1.807) is 24.0 Å². The molecule has 1 aromatic carbocycles. The van der Waals surface area contributed by atoms with Crippen LogP contribution in [-0.4, -0.2) is 23.7 Å². The number of carbonyl (C=O) groups is 1. The Morgan fingerprint density at radius 2 is 2.27 bits per heavy atom. The summed E-state index contributed by atoms with van der Waals surface area (Å²) in [6.07, 6.45) is 0. The van der Waals surface area contributed by atoms with E-state index < -0.39 is 12.0 Å². The predicted octanol–water partition coefficient (Wildman–Crippen LogP) is 1.57. The Bertz CT molecular complexity index is 352. The largest absolute Gasteiger partial charge is 0.480 e. The Labute approximate surface area is 89.3 Å². The van der Waals surface area contributed by atoms with Gasteiger partial charge in [0.25, 0.3) is 0 Å². The van der Waals surface area contributed by atoms with Crippen molar-refractivity contribution in [2.75, 3.05) is 17.2 Å². The molecule has 15 heavy (non-hydrogen) atoms. The lowest BCUT2D eigenvalue weighted by Gasteiger charge is -2.27. The zero-order valence-corrected chi connectivity index (χ0v) is 8.97. The number of hydrogen-bond acceptors (Lipinski definition) is 3. The molecular formula is C11H16N2O2. The number of carboxylic acid groups (broad SMARTS) is 1. The summed E-state index contributed by atoms with van der Waals surface area (Å²) in [6, 6.07) is 6.70. The average Bonchev–Trinajstić information content (AvgIpc) is 2.18. The van der Waals surface area contributed by atoms with Crippen LogP contribution in [0.15, 0.2) is 24.3 Å². The number of anilines is 2. The normalized spacial score (nSPS) is 12.1. The quantitative estimate of drug-likeness (QED) is 0.737. The van der Waals surface area contributed by atoms with Crippen LogP contribution in [-0.2, 0) is 4.79 Å². The first kappa shape index (κ1) is 11.4. The van der Waals surface area contributed by atoms with Gasteiger partial charge in [0.1, 0.15) is 6.04 Å². The van der Waals surface area contributed by atoms with Crippen molar-refractivity contribution < 1.29 is 9.90 Å². The molecule has 82 valence electrons.